The van der Waals surface area contributed by atoms with Gasteiger partial charge >= 0.3 is 5.97 Å². The zero-order valence-electron chi connectivity index (χ0n) is 15.6. The number of carbonyl (C=O) groups excluding carboxylic acids is 1. The highest BCUT2D eigenvalue weighted by molar-refractivity contribution is 5.69. The average Bonchev–Trinajstić information content (AvgIpc) is 2.62. The summed E-state index contributed by atoms with van der Waals surface area (Å²) in [7, 11) is 3.19. The maximum absolute atomic E-state index is 11.8. The molecule has 0 bridgehead atoms. The van der Waals surface area contributed by atoms with Crippen molar-refractivity contribution in [3.8, 4) is 11.5 Å². The quantitative estimate of drug-likeness (QED) is 0.392. The van der Waals surface area contributed by atoms with Crippen molar-refractivity contribution >= 4 is 5.97 Å². The fraction of sp³-hybridized carbons (Fsp3) is 0.650. The highest BCUT2D eigenvalue weighted by Gasteiger charge is 2.07. The molecule has 0 N–H and O–H groups in total. The molecule has 0 heterocycles. The van der Waals surface area contributed by atoms with Crippen molar-refractivity contribution in [1.82, 2.24) is 0 Å². The SMILES string of the molecule is CCC(C)CCCCCCC(=O)OCc1ccc(OC)c(OC)c1. The molecule has 1 aromatic carbocycles. The van der Waals surface area contributed by atoms with Crippen LogP contribution in [-0.4, -0.2) is 20.2 Å². The first-order valence-corrected chi connectivity index (χ1v) is 8.97. The largest absolute Gasteiger partial charge is 0.493 e. The van der Waals surface area contributed by atoms with Gasteiger partial charge < -0.3 is 14.2 Å². The molecule has 0 aliphatic heterocycles. The number of methoxy groups -OCH3 is 2. The van der Waals surface area contributed by atoms with Gasteiger partial charge in [-0.2, -0.15) is 0 Å². The standard InChI is InChI=1S/C20H32O4/c1-5-16(2)10-8-6-7-9-11-20(21)24-15-17-12-13-18(22-3)19(14-17)23-4/h12-14,16H,5-11,15H2,1-4H3. The minimum atomic E-state index is -0.133. The zero-order chi connectivity index (χ0) is 17.8. The molecule has 0 spiro atoms. The Morgan fingerprint density at radius 1 is 1.04 bits per heavy atom. The molecule has 4 heteroatoms. The number of hydrogen-bond acceptors (Lipinski definition) is 4. The van der Waals surface area contributed by atoms with Gasteiger partial charge in [-0.15, -0.1) is 0 Å². The van der Waals surface area contributed by atoms with Crippen molar-refractivity contribution in [2.45, 2.75) is 65.4 Å². The van der Waals surface area contributed by atoms with Crippen LogP contribution in [0.1, 0.15) is 64.4 Å². The first-order valence-electron chi connectivity index (χ1n) is 8.97. The predicted molar refractivity (Wildman–Crippen MR) is 96.5 cm³/mol. The van der Waals surface area contributed by atoms with Gasteiger partial charge in [0, 0.05) is 6.42 Å². The van der Waals surface area contributed by atoms with Crippen molar-refractivity contribution in [2.24, 2.45) is 5.92 Å². The smallest absolute Gasteiger partial charge is 0.306 e. The summed E-state index contributed by atoms with van der Waals surface area (Å²) < 4.78 is 15.8. The molecule has 1 aromatic rings. The van der Waals surface area contributed by atoms with Crippen molar-refractivity contribution in [3.63, 3.8) is 0 Å². The Bertz CT molecular complexity index is 485. The van der Waals surface area contributed by atoms with Crippen LogP contribution in [0.3, 0.4) is 0 Å². The van der Waals surface area contributed by atoms with Gasteiger partial charge in [-0.05, 0) is 30.0 Å². The summed E-state index contributed by atoms with van der Waals surface area (Å²) in [6, 6.07) is 5.53. The van der Waals surface area contributed by atoms with Crippen molar-refractivity contribution < 1.29 is 19.0 Å². The average molecular weight is 336 g/mol. The number of benzene rings is 1. The lowest BCUT2D eigenvalue weighted by Crippen LogP contribution is -2.04. The lowest BCUT2D eigenvalue weighted by atomic mass is 10.0. The van der Waals surface area contributed by atoms with Gasteiger partial charge in [0.05, 0.1) is 14.2 Å². The van der Waals surface area contributed by atoms with Gasteiger partial charge in [-0.3, -0.25) is 4.79 Å². The van der Waals surface area contributed by atoms with Gasteiger partial charge in [0.2, 0.25) is 0 Å². The van der Waals surface area contributed by atoms with Crippen LogP contribution in [0, 0.1) is 5.92 Å². The fourth-order valence-electron chi connectivity index (χ4n) is 2.53. The summed E-state index contributed by atoms with van der Waals surface area (Å²) in [4.78, 5) is 11.8. The fourth-order valence-corrected chi connectivity index (χ4v) is 2.53. The van der Waals surface area contributed by atoms with Gasteiger partial charge in [-0.25, -0.2) is 0 Å². The lowest BCUT2D eigenvalue weighted by molar-refractivity contribution is -0.145. The molecule has 0 saturated carbocycles. The van der Waals surface area contributed by atoms with E-state index in [0.717, 1.165) is 24.3 Å². The van der Waals surface area contributed by atoms with E-state index in [1.165, 1.54) is 25.7 Å². The summed E-state index contributed by atoms with van der Waals surface area (Å²) in [6.45, 7) is 4.80. The Morgan fingerprint density at radius 2 is 1.75 bits per heavy atom. The Balaban J connectivity index is 2.20. The van der Waals surface area contributed by atoms with Gasteiger partial charge in [0.1, 0.15) is 6.61 Å². The van der Waals surface area contributed by atoms with E-state index < -0.39 is 0 Å². The van der Waals surface area contributed by atoms with E-state index in [1.807, 2.05) is 18.2 Å². The topological polar surface area (TPSA) is 44.8 Å². The molecule has 0 aliphatic rings. The first kappa shape index (κ1) is 20.3. The van der Waals surface area contributed by atoms with Gasteiger partial charge in [0.15, 0.2) is 11.5 Å². The highest BCUT2D eigenvalue weighted by atomic mass is 16.5. The second-order valence-corrected chi connectivity index (χ2v) is 6.32. The Labute approximate surface area is 146 Å². The van der Waals surface area contributed by atoms with Crippen LogP contribution in [0.4, 0.5) is 0 Å². The molecule has 0 aliphatic carbocycles. The second-order valence-electron chi connectivity index (χ2n) is 6.32. The van der Waals surface area contributed by atoms with Crippen LogP contribution in [0.15, 0.2) is 18.2 Å². The first-order chi connectivity index (χ1) is 11.6. The Kier molecular flexibility index (Phi) is 9.97. The number of esters is 1. The van der Waals surface area contributed by atoms with Gasteiger partial charge in [-0.1, -0.05) is 52.0 Å². The number of rotatable bonds is 12. The van der Waals surface area contributed by atoms with Crippen LogP contribution in [0.25, 0.3) is 0 Å². The highest BCUT2D eigenvalue weighted by Crippen LogP contribution is 2.27. The van der Waals surface area contributed by atoms with E-state index in [9.17, 15) is 4.79 Å². The maximum Gasteiger partial charge on any atom is 0.306 e. The van der Waals surface area contributed by atoms with E-state index in [4.69, 9.17) is 14.2 Å². The Hall–Kier alpha value is -1.71. The molecular weight excluding hydrogens is 304 g/mol. The molecule has 0 amide bonds. The van der Waals surface area contributed by atoms with Crippen LogP contribution >= 0.6 is 0 Å². The summed E-state index contributed by atoms with van der Waals surface area (Å²) in [5, 5.41) is 0. The number of carbonyl (C=O) groups is 1. The maximum atomic E-state index is 11.8. The van der Waals surface area contributed by atoms with Crippen molar-refractivity contribution in [1.29, 1.82) is 0 Å². The molecule has 0 saturated heterocycles. The van der Waals surface area contributed by atoms with E-state index in [1.54, 1.807) is 14.2 Å². The molecule has 1 unspecified atom stereocenters. The summed E-state index contributed by atoms with van der Waals surface area (Å²) in [6.07, 6.45) is 7.51. The molecule has 4 nitrogen and oxygen atoms in total. The minimum absolute atomic E-state index is 0.133. The van der Waals surface area contributed by atoms with Crippen LogP contribution in [0.5, 0.6) is 11.5 Å². The van der Waals surface area contributed by atoms with Crippen LogP contribution in [0.2, 0.25) is 0 Å². The third kappa shape index (κ3) is 7.71. The number of ether oxygens (including phenoxy) is 3. The van der Waals surface area contributed by atoms with Crippen LogP contribution < -0.4 is 9.47 Å². The van der Waals surface area contributed by atoms with E-state index in [-0.39, 0.29) is 12.6 Å². The molecule has 24 heavy (non-hydrogen) atoms. The molecule has 1 atom stereocenters. The third-order valence-electron chi connectivity index (χ3n) is 4.37. The molecule has 136 valence electrons. The van der Waals surface area contributed by atoms with Crippen molar-refractivity contribution in [2.75, 3.05) is 14.2 Å². The Morgan fingerprint density at radius 3 is 2.42 bits per heavy atom. The predicted octanol–water partition coefficient (Wildman–Crippen LogP) is 5.13. The zero-order valence-corrected chi connectivity index (χ0v) is 15.6. The van der Waals surface area contributed by atoms with Crippen molar-refractivity contribution in [3.05, 3.63) is 23.8 Å². The summed E-state index contributed by atoms with van der Waals surface area (Å²) >= 11 is 0. The molecular formula is C20H32O4. The normalized spacial score (nSPS) is 11.8. The van der Waals surface area contributed by atoms with Crippen LogP contribution in [-0.2, 0) is 16.1 Å². The van der Waals surface area contributed by atoms with E-state index >= 15 is 0 Å². The molecule has 0 aromatic heterocycles. The molecule has 0 radical (unpaired) electrons. The number of hydrogen-bond donors (Lipinski definition) is 0. The number of unbranched alkanes of at least 4 members (excludes halogenated alkanes) is 3. The molecule has 0 fully saturated rings. The lowest BCUT2D eigenvalue weighted by Gasteiger charge is -2.10. The molecule has 1 rings (SSSR count). The van der Waals surface area contributed by atoms with E-state index in [0.29, 0.717) is 17.9 Å². The van der Waals surface area contributed by atoms with E-state index in [2.05, 4.69) is 13.8 Å². The summed E-state index contributed by atoms with van der Waals surface area (Å²) in [5.41, 5.74) is 0.898. The monoisotopic (exact) mass is 336 g/mol. The third-order valence-corrected chi connectivity index (χ3v) is 4.37. The minimum Gasteiger partial charge on any atom is -0.493 e. The summed E-state index contributed by atoms with van der Waals surface area (Å²) in [5.74, 6) is 2.00. The second kappa shape index (κ2) is 11.8. The van der Waals surface area contributed by atoms with Gasteiger partial charge in [0.25, 0.3) is 0 Å².